The van der Waals surface area contributed by atoms with E-state index in [4.69, 9.17) is 9.84 Å². The first-order valence-corrected chi connectivity index (χ1v) is 7.33. The Labute approximate surface area is 106 Å². The summed E-state index contributed by atoms with van der Waals surface area (Å²) in [6.45, 7) is 0.211. The van der Waals surface area contributed by atoms with Crippen molar-refractivity contribution in [3.05, 3.63) is 0 Å². The fraction of sp³-hybridized carbons (Fsp3) is 0.917. The molecule has 2 unspecified atom stereocenters. The molecule has 5 heteroatoms. The van der Waals surface area contributed by atoms with Crippen LogP contribution in [-0.2, 0) is 9.53 Å². The van der Waals surface area contributed by atoms with Crippen LogP contribution in [0.15, 0.2) is 0 Å². The number of carbonyl (C=O) groups excluding carboxylic acids is 1. The van der Waals surface area contributed by atoms with Gasteiger partial charge in [-0.2, -0.15) is 11.8 Å². The standard InChI is InChI=1S/C12H21NO3S/c1-16-11(15)12(13-9-2-3-9)5-4-10(8-12)17-7-6-14/h9-10,13-14H,2-8H2,1H3. The van der Waals surface area contributed by atoms with Crippen LogP contribution in [0.4, 0.5) is 0 Å². The molecule has 0 aromatic rings. The fourth-order valence-corrected chi connectivity index (χ4v) is 3.68. The summed E-state index contributed by atoms with van der Waals surface area (Å²) >= 11 is 1.76. The zero-order valence-electron chi connectivity index (χ0n) is 10.3. The van der Waals surface area contributed by atoms with Crippen molar-refractivity contribution in [3.8, 4) is 0 Å². The van der Waals surface area contributed by atoms with Gasteiger partial charge in [-0.3, -0.25) is 10.1 Å². The minimum absolute atomic E-state index is 0.114. The van der Waals surface area contributed by atoms with Gasteiger partial charge in [0.15, 0.2) is 0 Å². The molecule has 0 bridgehead atoms. The highest BCUT2D eigenvalue weighted by atomic mass is 32.2. The van der Waals surface area contributed by atoms with Crippen LogP contribution >= 0.6 is 11.8 Å². The number of methoxy groups -OCH3 is 1. The van der Waals surface area contributed by atoms with E-state index in [-0.39, 0.29) is 12.6 Å². The summed E-state index contributed by atoms with van der Waals surface area (Å²) in [5.41, 5.74) is -0.455. The van der Waals surface area contributed by atoms with Gasteiger partial charge in [-0.1, -0.05) is 0 Å². The lowest BCUT2D eigenvalue weighted by Gasteiger charge is -2.27. The van der Waals surface area contributed by atoms with Crippen molar-refractivity contribution in [1.29, 1.82) is 0 Å². The molecule has 2 N–H and O–H groups in total. The van der Waals surface area contributed by atoms with Crippen LogP contribution in [-0.4, -0.2) is 47.4 Å². The normalized spacial score (nSPS) is 32.7. The summed E-state index contributed by atoms with van der Waals surface area (Å²) in [5, 5.41) is 12.8. The topological polar surface area (TPSA) is 58.6 Å². The molecule has 0 spiro atoms. The Morgan fingerprint density at radius 3 is 2.88 bits per heavy atom. The maximum absolute atomic E-state index is 12.0. The number of hydrogen-bond acceptors (Lipinski definition) is 5. The van der Waals surface area contributed by atoms with Gasteiger partial charge in [-0.25, -0.2) is 0 Å². The zero-order valence-corrected chi connectivity index (χ0v) is 11.1. The van der Waals surface area contributed by atoms with E-state index in [1.54, 1.807) is 11.8 Å². The van der Waals surface area contributed by atoms with Crippen molar-refractivity contribution in [2.24, 2.45) is 0 Å². The van der Waals surface area contributed by atoms with Crippen LogP contribution in [0.5, 0.6) is 0 Å². The van der Waals surface area contributed by atoms with Crippen molar-refractivity contribution < 1.29 is 14.6 Å². The summed E-state index contributed by atoms with van der Waals surface area (Å²) in [7, 11) is 1.47. The fourth-order valence-electron chi connectivity index (χ4n) is 2.55. The molecule has 4 nitrogen and oxygen atoms in total. The molecule has 2 saturated carbocycles. The third kappa shape index (κ3) is 3.14. The van der Waals surface area contributed by atoms with E-state index in [1.165, 1.54) is 20.0 Å². The molecule has 2 fully saturated rings. The van der Waals surface area contributed by atoms with Gasteiger partial charge in [0.2, 0.25) is 0 Å². The highest BCUT2D eigenvalue weighted by molar-refractivity contribution is 7.99. The van der Waals surface area contributed by atoms with Gasteiger partial charge in [0.1, 0.15) is 5.54 Å². The van der Waals surface area contributed by atoms with E-state index in [2.05, 4.69) is 5.32 Å². The molecule has 98 valence electrons. The maximum Gasteiger partial charge on any atom is 0.326 e. The molecule has 0 saturated heterocycles. The summed E-state index contributed by atoms with van der Waals surface area (Å²) in [4.78, 5) is 12.0. The molecular weight excluding hydrogens is 238 g/mol. The van der Waals surface area contributed by atoms with Crippen LogP contribution in [0, 0.1) is 0 Å². The molecule has 2 aliphatic rings. The number of nitrogens with one attached hydrogen (secondary N) is 1. The number of aliphatic hydroxyl groups excluding tert-OH is 1. The van der Waals surface area contributed by atoms with E-state index < -0.39 is 5.54 Å². The highest BCUT2D eigenvalue weighted by Gasteiger charge is 2.48. The summed E-state index contributed by atoms with van der Waals surface area (Å²) in [6.07, 6.45) is 5.07. The maximum atomic E-state index is 12.0. The first-order valence-electron chi connectivity index (χ1n) is 6.29. The smallest absolute Gasteiger partial charge is 0.326 e. The molecule has 0 aromatic carbocycles. The van der Waals surface area contributed by atoms with Crippen LogP contribution in [0.1, 0.15) is 32.1 Å². The molecule has 0 aromatic heterocycles. The lowest BCUT2D eigenvalue weighted by molar-refractivity contribution is -0.148. The molecular formula is C12H21NO3S. The van der Waals surface area contributed by atoms with E-state index in [9.17, 15) is 4.79 Å². The average molecular weight is 259 g/mol. The van der Waals surface area contributed by atoms with Gasteiger partial charge in [-0.05, 0) is 32.1 Å². The Morgan fingerprint density at radius 1 is 1.53 bits per heavy atom. The monoisotopic (exact) mass is 259 g/mol. The summed E-state index contributed by atoms with van der Waals surface area (Å²) < 4.78 is 4.96. The van der Waals surface area contributed by atoms with Crippen molar-refractivity contribution in [2.75, 3.05) is 19.5 Å². The Balaban J connectivity index is 1.94. The predicted octanol–water partition coefficient (Wildman–Crippen LogP) is 0.928. The Morgan fingerprint density at radius 2 is 2.29 bits per heavy atom. The lowest BCUT2D eigenvalue weighted by Crippen LogP contribution is -2.52. The molecule has 0 amide bonds. The molecule has 0 heterocycles. The van der Waals surface area contributed by atoms with Gasteiger partial charge < -0.3 is 9.84 Å². The van der Waals surface area contributed by atoms with Gasteiger partial charge in [0, 0.05) is 17.0 Å². The third-order valence-corrected chi connectivity index (χ3v) is 4.84. The number of aliphatic hydroxyl groups is 1. The number of ether oxygens (including phenoxy) is 1. The Hall–Kier alpha value is -0.260. The third-order valence-electron chi connectivity index (χ3n) is 3.55. The predicted molar refractivity (Wildman–Crippen MR) is 68.1 cm³/mol. The SMILES string of the molecule is COC(=O)C1(NC2CC2)CCC(SCCO)C1. The molecule has 2 rings (SSSR count). The second-order valence-electron chi connectivity index (χ2n) is 4.95. The average Bonchev–Trinajstić information content (AvgIpc) is 3.05. The van der Waals surface area contributed by atoms with Crippen molar-refractivity contribution >= 4 is 17.7 Å². The first-order chi connectivity index (χ1) is 8.20. The first kappa shape index (κ1) is 13.2. The quantitative estimate of drug-likeness (QED) is 0.695. The van der Waals surface area contributed by atoms with E-state index in [1.807, 2.05) is 0 Å². The lowest BCUT2D eigenvalue weighted by atomic mass is 9.97. The number of rotatable bonds is 6. The van der Waals surface area contributed by atoms with E-state index in [0.29, 0.717) is 11.3 Å². The molecule has 0 aliphatic heterocycles. The van der Waals surface area contributed by atoms with Crippen molar-refractivity contribution in [3.63, 3.8) is 0 Å². The Bertz CT molecular complexity index is 283. The molecule has 2 atom stereocenters. The molecule has 2 aliphatic carbocycles. The molecule has 17 heavy (non-hydrogen) atoms. The minimum atomic E-state index is -0.455. The van der Waals surface area contributed by atoms with Gasteiger partial charge in [-0.15, -0.1) is 0 Å². The van der Waals surface area contributed by atoms with Crippen LogP contribution in [0.25, 0.3) is 0 Å². The molecule has 0 radical (unpaired) electrons. The van der Waals surface area contributed by atoms with Crippen LogP contribution in [0.3, 0.4) is 0 Å². The second kappa shape index (κ2) is 5.59. The van der Waals surface area contributed by atoms with Gasteiger partial charge in [0.25, 0.3) is 0 Å². The Kier molecular flexibility index (Phi) is 4.33. The van der Waals surface area contributed by atoms with Gasteiger partial charge >= 0.3 is 5.97 Å². The number of thioether (sulfide) groups is 1. The second-order valence-corrected chi connectivity index (χ2v) is 6.36. The van der Waals surface area contributed by atoms with Gasteiger partial charge in [0.05, 0.1) is 13.7 Å². The number of esters is 1. The van der Waals surface area contributed by atoms with Crippen molar-refractivity contribution in [2.45, 2.75) is 48.9 Å². The number of carbonyl (C=O) groups is 1. The van der Waals surface area contributed by atoms with Crippen molar-refractivity contribution in [1.82, 2.24) is 5.32 Å². The minimum Gasteiger partial charge on any atom is -0.468 e. The largest absolute Gasteiger partial charge is 0.468 e. The van der Waals surface area contributed by atoms with E-state index in [0.717, 1.165) is 25.0 Å². The van der Waals surface area contributed by atoms with Crippen LogP contribution < -0.4 is 5.32 Å². The zero-order chi connectivity index (χ0) is 12.3. The number of hydrogen-bond donors (Lipinski definition) is 2. The summed E-state index contributed by atoms with van der Waals surface area (Å²) in [5.74, 6) is 0.641. The van der Waals surface area contributed by atoms with E-state index >= 15 is 0 Å². The summed E-state index contributed by atoms with van der Waals surface area (Å²) in [6, 6.07) is 0.510. The highest BCUT2D eigenvalue weighted by Crippen LogP contribution is 2.40. The van der Waals surface area contributed by atoms with Crippen LogP contribution in [0.2, 0.25) is 0 Å².